The molecule has 0 atom stereocenters. The normalized spacial score (nSPS) is 11.8. The second-order valence-corrected chi connectivity index (χ2v) is 6.62. The van der Waals surface area contributed by atoms with Crippen molar-refractivity contribution >= 4 is 26.0 Å². The Morgan fingerprint density at radius 3 is 2.61 bits per heavy atom. The van der Waals surface area contributed by atoms with Crippen molar-refractivity contribution in [3.8, 4) is 5.75 Å². The topological polar surface area (TPSA) is 64.6 Å². The highest BCUT2D eigenvalue weighted by Crippen LogP contribution is 2.26. The van der Waals surface area contributed by atoms with Crippen molar-refractivity contribution in [1.82, 2.24) is 4.89 Å². The van der Waals surface area contributed by atoms with Crippen molar-refractivity contribution in [3.63, 3.8) is 0 Å². The number of sulfonamides is 1. The molecule has 0 aliphatic rings. The van der Waals surface area contributed by atoms with E-state index in [2.05, 4.69) is 20.8 Å². The maximum Gasteiger partial charge on any atom is 0.266 e. The van der Waals surface area contributed by atoms with Gasteiger partial charge in [0.2, 0.25) is 0 Å². The fraction of sp³-hybridized carbons (Fsp3) is 0.455. The van der Waals surface area contributed by atoms with E-state index in [1.54, 1.807) is 12.1 Å². The summed E-state index contributed by atoms with van der Waals surface area (Å²) in [5, 5.41) is 0. The molecule has 0 aromatic heterocycles. The number of rotatable bonds is 6. The molecule has 0 bridgehead atoms. The zero-order valence-electron chi connectivity index (χ0n) is 10.4. The number of nitrogens with one attached hydrogen (secondary N) is 1. The molecule has 0 heterocycles. The van der Waals surface area contributed by atoms with E-state index in [4.69, 9.17) is 9.57 Å². The molecule has 0 saturated carbocycles. The molecular weight excluding hydrogens is 322 g/mol. The van der Waals surface area contributed by atoms with Crippen LogP contribution < -0.4 is 9.62 Å². The van der Waals surface area contributed by atoms with Crippen molar-refractivity contribution < 1.29 is 18.0 Å². The molecule has 0 spiro atoms. The number of methoxy groups -OCH3 is 1. The molecule has 1 N–H and O–H groups in total. The molecule has 1 aromatic rings. The summed E-state index contributed by atoms with van der Waals surface area (Å²) >= 11 is 3.22. The van der Waals surface area contributed by atoms with Crippen LogP contribution in [0, 0.1) is 5.92 Å². The quantitative estimate of drug-likeness (QED) is 0.809. The summed E-state index contributed by atoms with van der Waals surface area (Å²) in [5.74, 6) is 0.496. The van der Waals surface area contributed by atoms with E-state index in [0.29, 0.717) is 11.1 Å². The van der Waals surface area contributed by atoms with Crippen molar-refractivity contribution in [2.24, 2.45) is 5.92 Å². The van der Waals surface area contributed by atoms with Crippen LogP contribution in [0.3, 0.4) is 0 Å². The van der Waals surface area contributed by atoms with Crippen LogP contribution in [0.25, 0.3) is 0 Å². The lowest BCUT2D eigenvalue weighted by atomic mass is 10.2. The summed E-state index contributed by atoms with van der Waals surface area (Å²) in [5.41, 5.74) is 0. The van der Waals surface area contributed by atoms with E-state index in [0.717, 1.165) is 0 Å². The van der Waals surface area contributed by atoms with E-state index in [1.165, 1.54) is 13.2 Å². The first-order chi connectivity index (χ1) is 8.36. The molecule has 0 aliphatic heterocycles. The average molecular weight is 338 g/mol. The molecule has 1 rings (SSSR count). The highest BCUT2D eigenvalue weighted by atomic mass is 79.9. The van der Waals surface area contributed by atoms with Gasteiger partial charge in [0.15, 0.2) is 0 Å². The van der Waals surface area contributed by atoms with Crippen LogP contribution in [0.4, 0.5) is 0 Å². The summed E-state index contributed by atoms with van der Waals surface area (Å²) in [7, 11) is -2.33. The smallest absolute Gasteiger partial charge is 0.266 e. The molecule has 0 unspecified atom stereocenters. The third-order valence-electron chi connectivity index (χ3n) is 2.00. The number of hydrogen-bond acceptors (Lipinski definition) is 4. The van der Waals surface area contributed by atoms with Crippen LogP contribution in [0.5, 0.6) is 5.75 Å². The summed E-state index contributed by atoms with van der Waals surface area (Å²) in [4.78, 5) is 7.06. The second kappa shape index (κ2) is 6.51. The van der Waals surface area contributed by atoms with Gasteiger partial charge >= 0.3 is 0 Å². The fourth-order valence-electron chi connectivity index (χ4n) is 1.18. The lowest BCUT2D eigenvalue weighted by molar-refractivity contribution is 0.0717. The average Bonchev–Trinajstić information content (AvgIpc) is 2.28. The Labute approximate surface area is 116 Å². The fourth-order valence-corrected chi connectivity index (χ4v) is 2.71. The minimum atomic E-state index is -3.75. The number of hydrogen-bond donors (Lipinski definition) is 1. The SMILES string of the molecule is COc1ccc(Br)cc1S(=O)(=O)NOCC(C)C. The van der Waals surface area contributed by atoms with Gasteiger partial charge in [-0.1, -0.05) is 34.7 Å². The summed E-state index contributed by atoms with van der Waals surface area (Å²) in [6.45, 7) is 4.15. The van der Waals surface area contributed by atoms with E-state index in [9.17, 15) is 8.42 Å². The van der Waals surface area contributed by atoms with Gasteiger partial charge in [0.25, 0.3) is 10.0 Å². The van der Waals surface area contributed by atoms with Crippen LogP contribution in [0.1, 0.15) is 13.8 Å². The Morgan fingerprint density at radius 1 is 1.39 bits per heavy atom. The largest absolute Gasteiger partial charge is 0.495 e. The van der Waals surface area contributed by atoms with Crippen molar-refractivity contribution in [3.05, 3.63) is 22.7 Å². The van der Waals surface area contributed by atoms with Crippen LogP contribution in [-0.4, -0.2) is 22.1 Å². The zero-order chi connectivity index (χ0) is 13.8. The van der Waals surface area contributed by atoms with Gasteiger partial charge in [-0.15, -0.1) is 0 Å². The predicted octanol–water partition coefficient (Wildman–Crippen LogP) is 2.32. The van der Waals surface area contributed by atoms with E-state index in [-0.39, 0.29) is 16.6 Å². The van der Waals surface area contributed by atoms with Crippen molar-refractivity contribution in [2.75, 3.05) is 13.7 Å². The Morgan fingerprint density at radius 2 is 2.06 bits per heavy atom. The highest BCUT2D eigenvalue weighted by molar-refractivity contribution is 9.10. The van der Waals surface area contributed by atoms with Crippen molar-refractivity contribution in [1.29, 1.82) is 0 Å². The first kappa shape index (κ1) is 15.4. The molecule has 0 aliphatic carbocycles. The van der Waals surface area contributed by atoms with Crippen LogP contribution in [0.2, 0.25) is 0 Å². The minimum absolute atomic E-state index is 0.0307. The monoisotopic (exact) mass is 337 g/mol. The van der Waals surface area contributed by atoms with Crippen LogP contribution in [-0.2, 0) is 14.9 Å². The van der Waals surface area contributed by atoms with E-state index >= 15 is 0 Å². The lowest BCUT2D eigenvalue weighted by Crippen LogP contribution is -2.26. The number of halogens is 1. The molecule has 0 saturated heterocycles. The number of benzene rings is 1. The Hall–Kier alpha value is -0.630. The van der Waals surface area contributed by atoms with Gasteiger partial charge in [0.05, 0.1) is 13.7 Å². The predicted molar refractivity (Wildman–Crippen MR) is 71.8 cm³/mol. The Kier molecular flexibility index (Phi) is 5.58. The molecule has 102 valence electrons. The van der Waals surface area contributed by atoms with E-state index in [1.807, 2.05) is 13.8 Å². The molecular formula is C11H16BrNO4S. The molecule has 0 radical (unpaired) electrons. The van der Waals surface area contributed by atoms with Gasteiger partial charge in [0.1, 0.15) is 10.6 Å². The third-order valence-corrected chi connectivity index (χ3v) is 3.73. The van der Waals surface area contributed by atoms with Gasteiger partial charge in [-0.3, -0.25) is 4.84 Å². The second-order valence-electron chi connectivity index (χ2n) is 4.09. The van der Waals surface area contributed by atoms with Gasteiger partial charge in [-0.05, 0) is 24.1 Å². The maximum absolute atomic E-state index is 12.0. The van der Waals surface area contributed by atoms with E-state index < -0.39 is 10.0 Å². The summed E-state index contributed by atoms with van der Waals surface area (Å²) in [6.07, 6.45) is 0. The van der Waals surface area contributed by atoms with Gasteiger partial charge < -0.3 is 4.74 Å². The first-order valence-electron chi connectivity index (χ1n) is 5.34. The van der Waals surface area contributed by atoms with Gasteiger partial charge in [-0.2, -0.15) is 0 Å². The van der Waals surface area contributed by atoms with Gasteiger partial charge in [-0.25, -0.2) is 8.42 Å². The minimum Gasteiger partial charge on any atom is -0.495 e. The molecule has 7 heteroatoms. The highest BCUT2D eigenvalue weighted by Gasteiger charge is 2.20. The molecule has 0 fully saturated rings. The van der Waals surface area contributed by atoms with Crippen molar-refractivity contribution in [2.45, 2.75) is 18.7 Å². The summed E-state index contributed by atoms with van der Waals surface area (Å²) < 4.78 is 29.7. The zero-order valence-corrected chi connectivity index (χ0v) is 12.8. The molecule has 1 aromatic carbocycles. The summed E-state index contributed by atoms with van der Waals surface area (Å²) in [6, 6.07) is 4.73. The maximum atomic E-state index is 12.0. The molecule has 5 nitrogen and oxygen atoms in total. The standard InChI is InChI=1S/C11H16BrNO4S/c1-8(2)7-17-13-18(14,15)11-6-9(12)4-5-10(11)16-3/h4-6,8,13H,7H2,1-3H3. The Bertz CT molecular complexity index is 502. The van der Waals surface area contributed by atoms with Crippen LogP contribution in [0.15, 0.2) is 27.6 Å². The van der Waals surface area contributed by atoms with Crippen LogP contribution >= 0.6 is 15.9 Å². The molecule has 0 amide bonds. The number of ether oxygens (including phenoxy) is 1. The molecule has 18 heavy (non-hydrogen) atoms. The Balaban J connectivity index is 2.93. The third kappa shape index (κ3) is 4.24. The first-order valence-corrected chi connectivity index (χ1v) is 7.61. The lowest BCUT2D eigenvalue weighted by Gasteiger charge is -2.12. The van der Waals surface area contributed by atoms with Gasteiger partial charge in [0, 0.05) is 4.47 Å².